The Morgan fingerprint density at radius 3 is 2.67 bits per heavy atom. The number of carbonyl (C=O) groups is 1. The standard InChI is InChI=1S/C13H12FNO3/c1-3-15-6-8(13(17)18)12(16)10-9(14)5-4-7(2)11(10)15/h4-6H,3H2,1-2H3,(H,17,18). The van der Waals surface area contributed by atoms with Crippen molar-refractivity contribution in [2.24, 2.45) is 0 Å². The molecule has 1 heterocycles. The van der Waals surface area contributed by atoms with Crippen molar-refractivity contribution in [1.82, 2.24) is 4.57 Å². The van der Waals surface area contributed by atoms with Crippen LogP contribution in [-0.4, -0.2) is 15.6 Å². The predicted octanol–water partition coefficient (Wildman–Crippen LogP) is 2.17. The van der Waals surface area contributed by atoms with E-state index < -0.39 is 22.8 Å². The van der Waals surface area contributed by atoms with Gasteiger partial charge in [0.25, 0.3) is 0 Å². The average Bonchev–Trinajstić information content (AvgIpc) is 2.33. The first-order valence-corrected chi connectivity index (χ1v) is 5.53. The van der Waals surface area contributed by atoms with Crippen molar-refractivity contribution in [3.63, 3.8) is 0 Å². The highest BCUT2D eigenvalue weighted by Crippen LogP contribution is 2.19. The average molecular weight is 249 g/mol. The molecule has 0 radical (unpaired) electrons. The number of rotatable bonds is 2. The number of hydrogen-bond acceptors (Lipinski definition) is 2. The molecule has 0 unspecified atom stereocenters. The number of benzene rings is 1. The molecule has 18 heavy (non-hydrogen) atoms. The molecule has 0 aliphatic carbocycles. The minimum absolute atomic E-state index is 0.156. The molecule has 0 spiro atoms. The summed E-state index contributed by atoms with van der Waals surface area (Å²) < 4.78 is 15.4. The van der Waals surface area contributed by atoms with Gasteiger partial charge < -0.3 is 9.67 Å². The Labute approximate surface area is 102 Å². The van der Waals surface area contributed by atoms with Gasteiger partial charge in [0.1, 0.15) is 11.4 Å². The van der Waals surface area contributed by atoms with Gasteiger partial charge in [-0.25, -0.2) is 9.18 Å². The van der Waals surface area contributed by atoms with Crippen molar-refractivity contribution in [2.75, 3.05) is 0 Å². The highest BCUT2D eigenvalue weighted by molar-refractivity contribution is 5.93. The van der Waals surface area contributed by atoms with Crippen LogP contribution in [-0.2, 0) is 6.54 Å². The van der Waals surface area contributed by atoms with Gasteiger partial charge in [-0.15, -0.1) is 0 Å². The van der Waals surface area contributed by atoms with E-state index in [0.717, 1.165) is 5.56 Å². The molecule has 0 fully saturated rings. The zero-order chi connectivity index (χ0) is 13.4. The molecule has 4 nitrogen and oxygen atoms in total. The lowest BCUT2D eigenvalue weighted by Crippen LogP contribution is -2.20. The van der Waals surface area contributed by atoms with Crippen molar-refractivity contribution >= 4 is 16.9 Å². The zero-order valence-electron chi connectivity index (χ0n) is 10.0. The zero-order valence-corrected chi connectivity index (χ0v) is 10.0. The van der Waals surface area contributed by atoms with E-state index >= 15 is 0 Å². The summed E-state index contributed by atoms with van der Waals surface area (Å²) in [5, 5.41) is 8.81. The second kappa shape index (κ2) is 4.25. The summed E-state index contributed by atoms with van der Waals surface area (Å²) in [7, 11) is 0. The van der Waals surface area contributed by atoms with Crippen LogP contribution in [0.4, 0.5) is 4.39 Å². The third-order valence-electron chi connectivity index (χ3n) is 2.94. The van der Waals surface area contributed by atoms with E-state index in [1.807, 2.05) is 0 Å². The number of carboxylic acid groups (broad SMARTS) is 1. The molecule has 0 amide bonds. The van der Waals surface area contributed by atoms with Crippen LogP contribution in [0.25, 0.3) is 10.9 Å². The molecule has 0 saturated heterocycles. The predicted molar refractivity (Wildman–Crippen MR) is 65.5 cm³/mol. The minimum Gasteiger partial charge on any atom is -0.477 e. The molecule has 2 rings (SSSR count). The Hall–Kier alpha value is -2.17. The lowest BCUT2D eigenvalue weighted by molar-refractivity contribution is 0.0695. The second-order valence-electron chi connectivity index (χ2n) is 4.05. The lowest BCUT2D eigenvalue weighted by atomic mass is 10.1. The van der Waals surface area contributed by atoms with E-state index in [0.29, 0.717) is 12.1 Å². The summed E-state index contributed by atoms with van der Waals surface area (Å²) in [6, 6.07) is 2.76. The summed E-state index contributed by atoms with van der Waals surface area (Å²) in [4.78, 5) is 23.0. The van der Waals surface area contributed by atoms with E-state index in [1.54, 1.807) is 24.5 Å². The van der Waals surface area contributed by atoms with Crippen LogP contribution in [0.3, 0.4) is 0 Å². The van der Waals surface area contributed by atoms with Crippen LogP contribution in [0, 0.1) is 12.7 Å². The first-order chi connectivity index (χ1) is 8.47. The van der Waals surface area contributed by atoms with Gasteiger partial charge in [0.05, 0.1) is 10.9 Å². The summed E-state index contributed by atoms with van der Waals surface area (Å²) in [6.45, 7) is 4.02. The smallest absolute Gasteiger partial charge is 0.341 e. The summed E-state index contributed by atoms with van der Waals surface area (Å²) in [5.41, 5.74) is 0.00652. The number of carboxylic acids is 1. The van der Waals surface area contributed by atoms with Gasteiger partial charge in [-0.1, -0.05) is 6.07 Å². The van der Waals surface area contributed by atoms with Crippen LogP contribution < -0.4 is 5.43 Å². The quantitative estimate of drug-likeness (QED) is 0.887. The second-order valence-corrected chi connectivity index (χ2v) is 4.05. The van der Waals surface area contributed by atoms with E-state index in [2.05, 4.69) is 0 Å². The van der Waals surface area contributed by atoms with Gasteiger partial charge in [0.15, 0.2) is 0 Å². The van der Waals surface area contributed by atoms with Gasteiger partial charge in [-0.3, -0.25) is 4.79 Å². The fourth-order valence-corrected chi connectivity index (χ4v) is 2.07. The number of hydrogen-bond donors (Lipinski definition) is 1. The third kappa shape index (κ3) is 1.68. The van der Waals surface area contributed by atoms with E-state index in [9.17, 15) is 14.0 Å². The van der Waals surface area contributed by atoms with Gasteiger partial charge in [0, 0.05) is 12.7 Å². The number of aryl methyl sites for hydroxylation is 2. The van der Waals surface area contributed by atoms with E-state index in [-0.39, 0.29) is 5.39 Å². The van der Waals surface area contributed by atoms with Crippen LogP contribution in [0.1, 0.15) is 22.8 Å². The number of halogens is 1. The molecule has 0 saturated carbocycles. The first-order valence-electron chi connectivity index (χ1n) is 5.53. The number of fused-ring (bicyclic) bond motifs is 1. The molecule has 1 aromatic carbocycles. The Kier molecular flexibility index (Phi) is 2.90. The highest BCUT2D eigenvalue weighted by Gasteiger charge is 2.17. The SMILES string of the molecule is CCn1cc(C(=O)O)c(=O)c2c(F)ccc(C)c21. The van der Waals surface area contributed by atoms with Gasteiger partial charge in [0.2, 0.25) is 5.43 Å². The molecule has 5 heteroatoms. The van der Waals surface area contributed by atoms with Crippen LogP contribution in [0.2, 0.25) is 0 Å². The van der Waals surface area contributed by atoms with Crippen LogP contribution in [0.5, 0.6) is 0 Å². The summed E-state index contributed by atoms with van der Waals surface area (Å²) in [6.07, 6.45) is 1.26. The van der Waals surface area contributed by atoms with Crippen molar-refractivity contribution in [3.8, 4) is 0 Å². The van der Waals surface area contributed by atoms with Crippen molar-refractivity contribution in [3.05, 3.63) is 45.5 Å². The molecule has 0 atom stereocenters. The third-order valence-corrected chi connectivity index (χ3v) is 2.94. The van der Waals surface area contributed by atoms with E-state index in [4.69, 9.17) is 5.11 Å². The molecule has 0 aliphatic rings. The van der Waals surface area contributed by atoms with Gasteiger partial charge in [-0.2, -0.15) is 0 Å². The monoisotopic (exact) mass is 249 g/mol. The van der Waals surface area contributed by atoms with Crippen molar-refractivity contribution in [2.45, 2.75) is 20.4 Å². The molecular weight excluding hydrogens is 237 g/mol. The first kappa shape index (κ1) is 12.3. The maximum atomic E-state index is 13.8. The molecular formula is C13H12FNO3. The Morgan fingerprint density at radius 2 is 2.11 bits per heavy atom. The van der Waals surface area contributed by atoms with Gasteiger partial charge >= 0.3 is 5.97 Å². The van der Waals surface area contributed by atoms with Crippen LogP contribution in [0.15, 0.2) is 23.1 Å². The van der Waals surface area contributed by atoms with Gasteiger partial charge in [-0.05, 0) is 25.5 Å². The molecule has 1 N–H and O–H groups in total. The minimum atomic E-state index is -1.34. The molecule has 2 aromatic rings. The number of nitrogens with zero attached hydrogens (tertiary/aromatic N) is 1. The van der Waals surface area contributed by atoms with Crippen molar-refractivity contribution in [1.29, 1.82) is 0 Å². The van der Waals surface area contributed by atoms with Crippen LogP contribution >= 0.6 is 0 Å². The molecule has 94 valence electrons. The summed E-state index contributed by atoms with van der Waals surface area (Å²) >= 11 is 0. The number of aromatic nitrogens is 1. The number of aromatic carboxylic acids is 1. The maximum Gasteiger partial charge on any atom is 0.341 e. The topological polar surface area (TPSA) is 59.3 Å². The van der Waals surface area contributed by atoms with E-state index in [1.165, 1.54) is 12.3 Å². The largest absolute Gasteiger partial charge is 0.477 e. The Balaban J connectivity index is 3.08. The van der Waals surface area contributed by atoms with Crippen molar-refractivity contribution < 1.29 is 14.3 Å². The highest BCUT2D eigenvalue weighted by atomic mass is 19.1. The fourth-order valence-electron chi connectivity index (χ4n) is 2.07. The Morgan fingerprint density at radius 1 is 1.44 bits per heavy atom. The molecule has 0 bridgehead atoms. The molecule has 1 aromatic heterocycles. The summed E-state index contributed by atoms with van der Waals surface area (Å²) in [5.74, 6) is -2.03. The lowest BCUT2D eigenvalue weighted by Gasteiger charge is -2.12. The fraction of sp³-hybridized carbons (Fsp3) is 0.231. The maximum absolute atomic E-state index is 13.8. The normalized spacial score (nSPS) is 10.8. The molecule has 0 aliphatic heterocycles. The Bertz CT molecular complexity index is 703. The number of pyridine rings is 1.